The molecule has 34 heavy (non-hydrogen) atoms. The second-order valence-electron chi connectivity index (χ2n) is 9.84. The lowest BCUT2D eigenvalue weighted by molar-refractivity contribution is -0.160. The Labute approximate surface area is 204 Å². The van der Waals surface area contributed by atoms with Gasteiger partial charge in [-0.15, -0.1) is 0 Å². The van der Waals surface area contributed by atoms with Crippen LogP contribution in [0.2, 0.25) is 5.02 Å². The van der Waals surface area contributed by atoms with E-state index in [0.29, 0.717) is 30.0 Å². The first-order valence-corrected chi connectivity index (χ1v) is 12.3. The van der Waals surface area contributed by atoms with Crippen molar-refractivity contribution < 1.29 is 29.0 Å². The normalized spacial score (nSPS) is 33.8. The van der Waals surface area contributed by atoms with Crippen LogP contribution in [0.4, 0.5) is 5.69 Å². The van der Waals surface area contributed by atoms with Gasteiger partial charge >= 0.3 is 5.97 Å². The minimum atomic E-state index is -1.14. The molecule has 2 amide bonds. The average molecular weight is 493 g/mol. The van der Waals surface area contributed by atoms with E-state index in [1.54, 1.807) is 19.1 Å². The van der Waals surface area contributed by atoms with Crippen molar-refractivity contribution in [3.63, 3.8) is 0 Å². The number of carbonyl (C=O) groups excluding carboxylic acids is 3. The Morgan fingerprint density at radius 2 is 2.09 bits per heavy atom. The quantitative estimate of drug-likeness (QED) is 0.427. The predicted molar refractivity (Wildman–Crippen MR) is 126 cm³/mol. The highest BCUT2D eigenvalue weighted by Crippen LogP contribution is 2.65. The molecule has 3 saturated heterocycles. The number of aliphatic hydroxyl groups is 1. The fourth-order valence-corrected chi connectivity index (χ4v) is 6.51. The van der Waals surface area contributed by atoms with E-state index in [2.05, 4.69) is 5.32 Å². The summed E-state index contributed by atoms with van der Waals surface area (Å²) in [6, 6.07) is 4.42. The number of rotatable bonds is 8. The Morgan fingerprint density at radius 3 is 2.74 bits per heavy atom. The fraction of sp³-hybridized carbons (Fsp3) is 0.640. The van der Waals surface area contributed by atoms with Crippen LogP contribution in [0.5, 0.6) is 0 Å². The number of nitrogens with one attached hydrogen (secondary N) is 1. The van der Waals surface area contributed by atoms with Crippen LogP contribution in [-0.4, -0.2) is 64.8 Å². The summed E-state index contributed by atoms with van der Waals surface area (Å²) in [5.41, 5.74) is -0.748. The van der Waals surface area contributed by atoms with Crippen LogP contribution < -0.4 is 5.32 Å². The molecular formula is C25H33ClN2O6. The van der Waals surface area contributed by atoms with Gasteiger partial charge in [-0.3, -0.25) is 14.4 Å². The van der Waals surface area contributed by atoms with Gasteiger partial charge < -0.3 is 24.8 Å². The molecule has 3 aliphatic heterocycles. The van der Waals surface area contributed by atoms with Gasteiger partial charge in [0, 0.05) is 13.2 Å². The zero-order valence-electron chi connectivity index (χ0n) is 20.1. The summed E-state index contributed by atoms with van der Waals surface area (Å²) < 4.78 is 12.0. The van der Waals surface area contributed by atoms with Crippen molar-refractivity contribution in [1.82, 2.24) is 4.90 Å². The van der Waals surface area contributed by atoms with Crippen LogP contribution in [0.15, 0.2) is 18.2 Å². The summed E-state index contributed by atoms with van der Waals surface area (Å²) in [4.78, 5) is 42.2. The lowest BCUT2D eigenvalue weighted by atomic mass is 9.62. The first-order valence-electron chi connectivity index (χ1n) is 12.0. The Bertz CT molecular complexity index is 981. The second kappa shape index (κ2) is 9.13. The number of fused-ring (bicyclic) bond motifs is 1. The Balaban J connectivity index is 1.76. The highest BCUT2D eigenvalue weighted by Gasteiger charge is 2.80. The van der Waals surface area contributed by atoms with Gasteiger partial charge in [0.1, 0.15) is 17.6 Å². The molecular weight excluding hydrogens is 460 g/mol. The minimum absolute atomic E-state index is 0.0106. The number of aryl methyl sites for hydroxylation is 1. The van der Waals surface area contributed by atoms with E-state index in [1.165, 1.54) is 4.90 Å². The van der Waals surface area contributed by atoms with Crippen LogP contribution in [0, 0.1) is 24.7 Å². The average Bonchev–Trinajstić information content (AvgIpc) is 3.28. The van der Waals surface area contributed by atoms with Gasteiger partial charge in [-0.1, -0.05) is 30.7 Å². The van der Waals surface area contributed by atoms with Gasteiger partial charge in [-0.2, -0.15) is 0 Å². The third-order valence-corrected chi connectivity index (χ3v) is 8.20. The SMILES string of the molecule is CCOC(=O)[C@H]1[C@H]2C(=O)N(CCCCO)C(C(=O)Nc3c(C)cccc3Cl)C23CC(C)[C@]1(C)O3. The number of amides is 2. The maximum absolute atomic E-state index is 13.8. The van der Waals surface area contributed by atoms with Crippen molar-refractivity contribution in [1.29, 1.82) is 0 Å². The number of unbranched alkanes of at least 4 members (excludes halogenated alkanes) is 1. The van der Waals surface area contributed by atoms with Gasteiger partial charge in [0.2, 0.25) is 11.8 Å². The van der Waals surface area contributed by atoms with Gasteiger partial charge in [-0.05, 0) is 57.6 Å². The number of hydrogen-bond acceptors (Lipinski definition) is 6. The number of esters is 1. The second-order valence-corrected chi connectivity index (χ2v) is 10.2. The van der Waals surface area contributed by atoms with Crippen LogP contribution in [-0.2, 0) is 23.9 Å². The lowest BCUT2D eigenvalue weighted by Gasteiger charge is -2.35. The molecule has 1 aromatic rings. The summed E-state index contributed by atoms with van der Waals surface area (Å²) in [7, 11) is 0. The van der Waals surface area contributed by atoms with Crippen LogP contribution >= 0.6 is 11.6 Å². The van der Waals surface area contributed by atoms with Gasteiger partial charge in [-0.25, -0.2) is 0 Å². The smallest absolute Gasteiger partial charge is 0.312 e. The van der Waals surface area contributed by atoms with Crippen molar-refractivity contribution >= 4 is 35.1 Å². The molecule has 3 heterocycles. The third-order valence-electron chi connectivity index (χ3n) is 7.88. The molecule has 8 nitrogen and oxygen atoms in total. The molecule has 0 aliphatic carbocycles. The highest BCUT2D eigenvalue weighted by molar-refractivity contribution is 6.34. The van der Waals surface area contributed by atoms with E-state index in [4.69, 9.17) is 21.1 Å². The number of halogens is 1. The molecule has 186 valence electrons. The number of anilines is 1. The number of carbonyl (C=O) groups is 3. The molecule has 3 unspecified atom stereocenters. The number of aliphatic hydroxyl groups excluding tert-OH is 1. The largest absolute Gasteiger partial charge is 0.466 e. The van der Waals surface area contributed by atoms with Crippen molar-refractivity contribution in [2.45, 2.75) is 64.2 Å². The number of benzene rings is 1. The first kappa shape index (κ1) is 24.9. The van der Waals surface area contributed by atoms with Crippen LogP contribution in [0.1, 0.15) is 45.6 Å². The molecule has 1 spiro atoms. The number of nitrogens with zero attached hydrogens (tertiary/aromatic N) is 1. The number of ether oxygens (including phenoxy) is 2. The monoisotopic (exact) mass is 492 g/mol. The summed E-state index contributed by atoms with van der Waals surface area (Å²) >= 11 is 6.37. The van der Waals surface area contributed by atoms with Gasteiger partial charge in [0.05, 0.1) is 28.8 Å². The minimum Gasteiger partial charge on any atom is -0.466 e. The molecule has 6 atom stereocenters. The lowest BCUT2D eigenvalue weighted by Crippen LogP contribution is -2.54. The molecule has 4 rings (SSSR count). The Morgan fingerprint density at radius 1 is 1.35 bits per heavy atom. The Kier molecular flexibility index (Phi) is 6.70. The van der Waals surface area contributed by atoms with Gasteiger partial charge in [0.25, 0.3) is 0 Å². The third kappa shape index (κ3) is 3.62. The van der Waals surface area contributed by atoms with E-state index >= 15 is 0 Å². The molecule has 0 saturated carbocycles. The molecule has 1 aromatic carbocycles. The van der Waals surface area contributed by atoms with E-state index in [0.717, 1.165) is 5.56 Å². The topological polar surface area (TPSA) is 105 Å². The van der Waals surface area contributed by atoms with Crippen molar-refractivity contribution in [2.75, 3.05) is 25.1 Å². The van der Waals surface area contributed by atoms with Crippen LogP contribution in [0.25, 0.3) is 0 Å². The van der Waals surface area contributed by atoms with Crippen molar-refractivity contribution in [3.05, 3.63) is 28.8 Å². The maximum atomic E-state index is 13.8. The number of hydrogen-bond donors (Lipinski definition) is 2. The zero-order valence-corrected chi connectivity index (χ0v) is 20.9. The standard InChI is InChI=1S/C25H33ClN2O6/c1-5-33-23(32)18-17-22(31)28(11-6-7-12-29)20(25(17)13-15(3)24(18,4)34-25)21(30)27-19-14(2)9-8-10-16(19)26/h8-10,15,17-18,20,29H,5-7,11-13H2,1-4H3,(H,27,30)/t15?,17-,18+,20?,24-,25?/m0/s1. The zero-order chi connectivity index (χ0) is 24.8. The molecule has 9 heteroatoms. The summed E-state index contributed by atoms with van der Waals surface area (Å²) in [5.74, 6) is -2.77. The predicted octanol–water partition coefficient (Wildman–Crippen LogP) is 2.93. The summed E-state index contributed by atoms with van der Waals surface area (Å²) in [5, 5.41) is 12.6. The van der Waals surface area contributed by atoms with Crippen LogP contribution in [0.3, 0.4) is 0 Å². The molecule has 2 N–H and O–H groups in total. The molecule has 0 aromatic heterocycles. The summed E-state index contributed by atoms with van der Waals surface area (Å²) in [6.07, 6.45) is 1.50. The Hall–Kier alpha value is -2.16. The van der Waals surface area contributed by atoms with Gasteiger partial charge in [0.15, 0.2) is 0 Å². The van der Waals surface area contributed by atoms with E-state index in [1.807, 2.05) is 26.8 Å². The molecule has 3 aliphatic rings. The van der Waals surface area contributed by atoms with E-state index < -0.39 is 41.0 Å². The maximum Gasteiger partial charge on any atom is 0.312 e. The van der Waals surface area contributed by atoms with Crippen molar-refractivity contribution in [3.8, 4) is 0 Å². The molecule has 2 bridgehead atoms. The number of likely N-dealkylation sites (tertiary alicyclic amines) is 1. The van der Waals surface area contributed by atoms with E-state index in [-0.39, 0.29) is 31.6 Å². The summed E-state index contributed by atoms with van der Waals surface area (Å²) in [6.45, 7) is 7.88. The number of para-hydroxylation sites is 1. The fourth-order valence-electron chi connectivity index (χ4n) is 6.25. The molecule has 3 fully saturated rings. The molecule has 0 radical (unpaired) electrons. The highest BCUT2D eigenvalue weighted by atomic mass is 35.5. The van der Waals surface area contributed by atoms with Crippen molar-refractivity contribution in [2.24, 2.45) is 17.8 Å². The van der Waals surface area contributed by atoms with E-state index in [9.17, 15) is 19.5 Å². The first-order chi connectivity index (χ1) is 16.1.